The summed E-state index contributed by atoms with van der Waals surface area (Å²) in [5.41, 5.74) is 7.27. The summed E-state index contributed by atoms with van der Waals surface area (Å²) in [6.45, 7) is 4.46. The number of likely N-dealkylation sites (N-methyl/N-ethyl adjacent to an activating group) is 1. The topological polar surface area (TPSA) is 55.1 Å². The molecule has 1 amide bonds. The van der Waals surface area contributed by atoms with Crippen molar-refractivity contribution < 1.29 is 4.79 Å². The number of carbonyl (C=O) groups excluding carboxylic acids is 1. The molecule has 3 N–H and O–H groups in total. The minimum atomic E-state index is -0.115. The summed E-state index contributed by atoms with van der Waals surface area (Å²) >= 11 is 0. The van der Waals surface area contributed by atoms with Gasteiger partial charge in [0.05, 0.1) is 5.92 Å². The first-order valence-electron chi connectivity index (χ1n) is 4.78. The van der Waals surface area contributed by atoms with Crippen LogP contribution < -0.4 is 11.1 Å². The van der Waals surface area contributed by atoms with Gasteiger partial charge in [-0.05, 0) is 31.5 Å². The molecule has 0 spiro atoms. The maximum atomic E-state index is 11.5. The van der Waals surface area contributed by atoms with Crippen LogP contribution in [-0.2, 0) is 4.79 Å². The van der Waals surface area contributed by atoms with Gasteiger partial charge in [-0.2, -0.15) is 0 Å². The number of rotatable bonds is 3. The van der Waals surface area contributed by atoms with Crippen LogP contribution in [0.2, 0.25) is 0 Å². The average Bonchev–Trinajstić information content (AvgIpc) is 2.18. The molecule has 0 aliphatic carbocycles. The molecule has 14 heavy (non-hydrogen) atoms. The van der Waals surface area contributed by atoms with E-state index in [9.17, 15) is 4.79 Å². The van der Waals surface area contributed by atoms with Crippen LogP contribution >= 0.6 is 0 Å². The van der Waals surface area contributed by atoms with Crippen LogP contribution in [0.25, 0.3) is 0 Å². The second-order valence-electron chi connectivity index (χ2n) is 3.28. The maximum Gasteiger partial charge on any atom is 0.227 e. The Bertz CT molecular complexity index is 306. The largest absolute Gasteiger partial charge is 0.399 e. The van der Waals surface area contributed by atoms with Gasteiger partial charge in [-0.3, -0.25) is 4.79 Å². The monoisotopic (exact) mass is 192 g/mol. The normalized spacial score (nSPS) is 12.1. The molecule has 0 aliphatic rings. The molecule has 1 unspecified atom stereocenters. The predicted octanol–water partition coefficient (Wildman–Crippen LogP) is 1.51. The summed E-state index contributed by atoms with van der Waals surface area (Å²) < 4.78 is 0. The predicted molar refractivity (Wildman–Crippen MR) is 58.0 cm³/mol. The van der Waals surface area contributed by atoms with Crippen molar-refractivity contribution in [2.45, 2.75) is 19.8 Å². The first-order chi connectivity index (χ1) is 6.65. The molecule has 1 aromatic carbocycles. The van der Waals surface area contributed by atoms with Crippen molar-refractivity contribution in [1.29, 1.82) is 0 Å². The zero-order chi connectivity index (χ0) is 10.6. The third kappa shape index (κ3) is 2.49. The van der Waals surface area contributed by atoms with Crippen LogP contribution in [0.3, 0.4) is 0 Å². The van der Waals surface area contributed by atoms with Crippen LogP contribution in [0.15, 0.2) is 24.3 Å². The fourth-order valence-corrected chi connectivity index (χ4v) is 1.26. The van der Waals surface area contributed by atoms with E-state index in [4.69, 9.17) is 5.73 Å². The molecule has 3 heteroatoms. The lowest BCUT2D eigenvalue weighted by molar-refractivity contribution is -0.122. The van der Waals surface area contributed by atoms with E-state index >= 15 is 0 Å². The number of hydrogen-bond donors (Lipinski definition) is 2. The number of carbonyl (C=O) groups is 1. The van der Waals surface area contributed by atoms with Gasteiger partial charge < -0.3 is 11.1 Å². The molecule has 0 radical (unpaired) electrons. The zero-order valence-corrected chi connectivity index (χ0v) is 8.58. The van der Waals surface area contributed by atoms with Gasteiger partial charge in [0.1, 0.15) is 0 Å². The van der Waals surface area contributed by atoms with Crippen molar-refractivity contribution in [1.82, 2.24) is 5.32 Å². The minimum Gasteiger partial charge on any atom is -0.399 e. The van der Waals surface area contributed by atoms with Crippen LogP contribution in [0.4, 0.5) is 5.69 Å². The number of benzene rings is 1. The van der Waals surface area contributed by atoms with Crippen molar-refractivity contribution in [3.8, 4) is 0 Å². The molecule has 0 fully saturated rings. The van der Waals surface area contributed by atoms with E-state index in [-0.39, 0.29) is 11.8 Å². The molecule has 0 saturated heterocycles. The van der Waals surface area contributed by atoms with E-state index < -0.39 is 0 Å². The summed E-state index contributed by atoms with van der Waals surface area (Å²) in [5, 5.41) is 2.79. The fourth-order valence-electron chi connectivity index (χ4n) is 1.26. The third-order valence-corrected chi connectivity index (χ3v) is 2.18. The van der Waals surface area contributed by atoms with Gasteiger partial charge in [0.2, 0.25) is 5.91 Å². The smallest absolute Gasteiger partial charge is 0.227 e. The Morgan fingerprint density at radius 2 is 2.00 bits per heavy atom. The Balaban J connectivity index is 2.73. The first kappa shape index (κ1) is 10.6. The van der Waals surface area contributed by atoms with Gasteiger partial charge in [-0.25, -0.2) is 0 Å². The molecule has 1 aromatic rings. The van der Waals surface area contributed by atoms with Crippen LogP contribution in [0.5, 0.6) is 0 Å². The molecule has 0 aliphatic heterocycles. The summed E-state index contributed by atoms with van der Waals surface area (Å²) in [6, 6.07) is 7.39. The molecule has 0 bridgehead atoms. The van der Waals surface area contributed by atoms with Crippen molar-refractivity contribution >= 4 is 11.6 Å². The zero-order valence-electron chi connectivity index (χ0n) is 8.58. The van der Waals surface area contributed by atoms with Gasteiger partial charge in [0.15, 0.2) is 0 Å². The Morgan fingerprint density at radius 1 is 1.43 bits per heavy atom. The standard InChI is InChI=1S/C11H16N2O/c1-3-13-11(14)8(2)9-4-6-10(12)7-5-9/h4-8H,3,12H2,1-2H3,(H,13,14). The first-order valence-corrected chi connectivity index (χ1v) is 4.78. The fraction of sp³-hybridized carbons (Fsp3) is 0.364. The van der Waals surface area contributed by atoms with E-state index in [1.54, 1.807) is 0 Å². The minimum absolute atomic E-state index is 0.0530. The Morgan fingerprint density at radius 3 is 2.50 bits per heavy atom. The summed E-state index contributed by atoms with van der Waals surface area (Å²) in [6.07, 6.45) is 0. The number of nitrogens with one attached hydrogen (secondary N) is 1. The van der Waals surface area contributed by atoms with Crippen molar-refractivity contribution in [3.05, 3.63) is 29.8 Å². The van der Waals surface area contributed by atoms with E-state index in [2.05, 4.69) is 5.32 Å². The van der Waals surface area contributed by atoms with Crippen molar-refractivity contribution in [3.63, 3.8) is 0 Å². The summed E-state index contributed by atoms with van der Waals surface area (Å²) in [5.74, 6) is -0.0622. The van der Waals surface area contributed by atoms with Crippen LogP contribution in [0.1, 0.15) is 25.3 Å². The van der Waals surface area contributed by atoms with E-state index in [1.807, 2.05) is 38.1 Å². The van der Waals surface area contributed by atoms with Crippen molar-refractivity contribution in [2.75, 3.05) is 12.3 Å². The van der Waals surface area contributed by atoms with E-state index in [0.29, 0.717) is 6.54 Å². The Labute approximate surface area is 84.3 Å². The lowest BCUT2D eigenvalue weighted by Gasteiger charge is -2.11. The number of amides is 1. The molecule has 0 aromatic heterocycles. The molecule has 3 nitrogen and oxygen atoms in total. The highest BCUT2D eigenvalue weighted by Gasteiger charge is 2.13. The maximum absolute atomic E-state index is 11.5. The van der Waals surface area contributed by atoms with Gasteiger partial charge in [0, 0.05) is 12.2 Å². The van der Waals surface area contributed by atoms with Gasteiger partial charge >= 0.3 is 0 Å². The SMILES string of the molecule is CCNC(=O)C(C)c1ccc(N)cc1. The average molecular weight is 192 g/mol. The molecule has 0 saturated carbocycles. The molecule has 0 heterocycles. The highest BCUT2D eigenvalue weighted by molar-refractivity contribution is 5.83. The number of nitrogen functional groups attached to an aromatic ring is 1. The Hall–Kier alpha value is -1.51. The van der Waals surface area contributed by atoms with E-state index in [0.717, 1.165) is 11.3 Å². The highest BCUT2D eigenvalue weighted by atomic mass is 16.1. The van der Waals surface area contributed by atoms with Gasteiger partial charge in [0.25, 0.3) is 0 Å². The molecule has 76 valence electrons. The highest BCUT2D eigenvalue weighted by Crippen LogP contribution is 2.16. The molecule has 1 atom stereocenters. The third-order valence-electron chi connectivity index (χ3n) is 2.18. The quantitative estimate of drug-likeness (QED) is 0.713. The Kier molecular flexibility index (Phi) is 3.51. The lowest BCUT2D eigenvalue weighted by atomic mass is 10.0. The second kappa shape index (κ2) is 4.65. The van der Waals surface area contributed by atoms with Gasteiger partial charge in [-0.15, -0.1) is 0 Å². The summed E-state index contributed by atoms with van der Waals surface area (Å²) in [4.78, 5) is 11.5. The summed E-state index contributed by atoms with van der Waals surface area (Å²) in [7, 11) is 0. The van der Waals surface area contributed by atoms with E-state index in [1.165, 1.54) is 0 Å². The van der Waals surface area contributed by atoms with Gasteiger partial charge in [-0.1, -0.05) is 12.1 Å². The number of anilines is 1. The second-order valence-corrected chi connectivity index (χ2v) is 3.28. The number of nitrogens with two attached hydrogens (primary N) is 1. The lowest BCUT2D eigenvalue weighted by Crippen LogP contribution is -2.27. The molecular formula is C11H16N2O. The van der Waals surface area contributed by atoms with Crippen LogP contribution in [-0.4, -0.2) is 12.5 Å². The molecular weight excluding hydrogens is 176 g/mol. The van der Waals surface area contributed by atoms with Crippen LogP contribution in [0, 0.1) is 0 Å². The van der Waals surface area contributed by atoms with Crippen molar-refractivity contribution in [2.24, 2.45) is 0 Å². The number of hydrogen-bond acceptors (Lipinski definition) is 2. The molecule has 1 rings (SSSR count).